The molecule has 0 atom stereocenters. The van der Waals surface area contributed by atoms with Crippen LogP contribution in [-0.4, -0.2) is 81.6 Å². The van der Waals surface area contributed by atoms with Crippen molar-refractivity contribution in [1.82, 2.24) is 15.1 Å². The average Bonchev–Trinajstić information content (AvgIpc) is 2.28. The van der Waals surface area contributed by atoms with Gasteiger partial charge >= 0.3 is 0 Å². The molecular formula is C11H23N3O2S. The first-order valence-electron chi connectivity index (χ1n) is 6.48. The molecule has 100 valence electrons. The Hall–Kier alpha value is -0.170. The van der Waals surface area contributed by atoms with Gasteiger partial charge in [0.1, 0.15) is 0 Å². The maximum atomic E-state index is 11.4. The summed E-state index contributed by atoms with van der Waals surface area (Å²) in [5.41, 5.74) is 0. The molecule has 0 aromatic carbocycles. The number of hydrogen-bond acceptors (Lipinski definition) is 5. The van der Waals surface area contributed by atoms with Crippen molar-refractivity contribution in [2.45, 2.75) is 13.0 Å². The Labute approximate surface area is 104 Å². The van der Waals surface area contributed by atoms with Crippen molar-refractivity contribution in [2.24, 2.45) is 0 Å². The van der Waals surface area contributed by atoms with Crippen LogP contribution in [0, 0.1) is 0 Å². The van der Waals surface area contributed by atoms with Gasteiger partial charge in [0.15, 0.2) is 9.84 Å². The molecule has 0 aromatic heterocycles. The second kappa shape index (κ2) is 5.65. The number of nitrogens with one attached hydrogen (secondary N) is 1. The first-order chi connectivity index (χ1) is 8.11. The summed E-state index contributed by atoms with van der Waals surface area (Å²) in [7, 11) is -2.80. The molecule has 0 spiro atoms. The third-order valence-corrected chi connectivity index (χ3v) is 5.45. The highest BCUT2D eigenvalue weighted by Gasteiger charge is 2.32. The highest BCUT2D eigenvalue weighted by atomic mass is 32.2. The minimum absolute atomic E-state index is 0.266. The van der Waals surface area contributed by atoms with E-state index in [1.165, 1.54) is 0 Å². The van der Waals surface area contributed by atoms with E-state index >= 15 is 0 Å². The van der Waals surface area contributed by atoms with Crippen molar-refractivity contribution in [3.63, 3.8) is 0 Å². The van der Waals surface area contributed by atoms with Crippen molar-refractivity contribution >= 4 is 9.84 Å². The van der Waals surface area contributed by atoms with Crippen molar-refractivity contribution < 1.29 is 8.42 Å². The highest BCUT2D eigenvalue weighted by Crippen LogP contribution is 2.15. The van der Waals surface area contributed by atoms with Gasteiger partial charge in [-0.25, -0.2) is 8.42 Å². The summed E-state index contributed by atoms with van der Waals surface area (Å²) in [5.74, 6) is 0.583. The Balaban J connectivity index is 1.65. The molecular weight excluding hydrogens is 238 g/mol. The number of hydrogen-bond donors (Lipinski definition) is 1. The molecule has 17 heavy (non-hydrogen) atoms. The number of likely N-dealkylation sites (tertiary alicyclic amines) is 1. The molecule has 2 aliphatic heterocycles. The maximum absolute atomic E-state index is 11.4. The van der Waals surface area contributed by atoms with E-state index in [1.807, 2.05) is 0 Å². The van der Waals surface area contributed by atoms with Gasteiger partial charge in [0.05, 0.1) is 5.75 Å². The highest BCUT2D eigenvalue weighted by molar-refractivity contribution is 7.91. The summed E-state index contributed by atoms with van der Waals surface area (Å²) in [6, 6.07) is 0.654. The van der Waals surface area contributed by atoms with Crippen LogP contribution in [0.5, 0.6) is 0 Å². The number of piperazine rings is 1. The fourth-order valence-electron chi connectivity index (χ4n) is 2.42. The van der Waals surface area contributed by atoms with E-state index in [-0.39, 0.29) is 5.75 Å². The summed E-state index contributed by atoms with van der Waals surface area (Å²) >= 11 is 0. The quantitative estimate of drug-likeness (QED) is 0.689. The minimum Gasteiger partial charge on any atom is -0.314 e. The molecule has 0 saturated carbocycles. The molecule has 2 rings (SSSR count). The molecule has 0 aliphatic carbocycles. The predicted molar refractivity (Wildman–Crippen MR) is 69.0 cm³/mol. The maximum Gasteiger partial charge on any atom is 0.151 e. The molecule has 0 aromatic rings. The summed E-state index contributed by atoms with van der Waals surface area (Å²) in [6.07, 6.45) is 0. The van der Waals surface area contributed by atoms with Gasteiger partial charge in [-0.15, -0.1) is 0 Å². The van der Waals surface area contributed by atoms with Crippen LogP contribution in [0.15, 0.2) is 0 Å². The van der Waals surface area contributed by atoms with Crippen LogP contribution >= 0.6 is 0 Å². The van der Waals surface area contributed by atoms with Crippen molar-refractivity contribution in [3.05, 3.63) is 0 Å². The van der Waals surface area contributed by atoms with Crippen LogP contribution in [0.25, 0.3) is 0 Å². The first-order valence-corrected chi connectivity index (χ1v) is 8.30. The van der Waals surface area contributed by atoms with Crippen LogP contribution in [0.4, 0.5) is 0 Å². The fraction of sp³-hybridized carbons (Fsp3) is 1.00. The van der Waals surface area contributed by atoms with Gasteiger partial charge in [0, 0.05) is 57.6 Å². The first kappa shape index (κ1) is 13.3. The Morgan fingerprint density at radius 3 is 2.47 bits per heavy atom. The molecule has 2 aliphatic rings. The van der Waals surface area contributed by atoms with E-state index in [2.05, 4.69) is 15.1 Å². The summed E-state index contributed by atoms with van der Waals surface area (Å²) in [5, 5.41) is 3.35. The zero-order valence-corrected chi connectivity index (χ0v) is 11.4. The van der Waals surface area contributed by atoms with Gasteiger partial charge in [0.25, 0.3) is 0 Å². The molecule has 0 bridgehead atoms. The van der Waals surface area contributed by atoms with E-state index in [0.29, 0.717) is 18.3 Å². The monoisotopic (exact) mass is 261 g/mol. The van der Waals surface area contributed by atoms with Crippen LogP contribution in [0.2, 0.25) is 0 Å². The normalized spacial score (nSPS) is 24.8. The number of nitrogens with zero attached hydrogens (tertiary/aromatic N) is 2. The molecule has 6 heteroatoms. The summed E-state index contributed by atoms with van der Waals surface area (Å²) in [4.78, 5) is 4.77. The average molecular weight is 261 g/mol. The standard InChI is InChI=1S/C11H23N3O2S/c1-2-17(15,16)8-7-13-9-11(10-13)14-5-3-12-4-6-14/h11-12H,2-10H2,1H3. The Morgan fingerprint density at radius 1 is 1.24 bits per heavy atom. The van der Waals surface area contributed by atoms with E-state index in [0.717, 1.165) is 39.3 Å². The third kappa shape index (κ3) is 3.64. The van der Waals surface area contributed by atoms with E-state index < -0.39 is 9.84 Å². The third-order valence-electron chi connectivity index (χ3n) is 3.76. The molecule has 2 heterocycles. The smallest absolute Gasteiger partial charge is 0.151 e. The molecule has 1 N–H and O–H groups in total. The van der Waals surface area contributed by atoms with Gasteiger partial charge in [-0.3, -0.25) is 9.80 Å². The second-order valence-electron chi connectivity index (χ2n) is 4.94. The van der Waals surface area contributed by atoms with Crippen molar-refractivity contribution in [3.8, 4) is 0 Å². The van der Waals surface area contributed by atoms with Gasteiger partial charge < -0.3 is 5.32 Å². The van der Waals surface area contributed by atoms with Crippen LogP contribution in [0.3, 0.4) is 0 Å². The van der Waals surface area contributed by atoms with Crippen molar-refractivity contribution in [1.29, 1.82) is 0 Å². The number of sulfone groups is 1. The zero-order valence-electron chi connectivity index (χ0n) is 10.6. The molecule has 2 fully saturated rings. The van der Waals surface area contributed by atoms with Gasteiger partial charge in [-0.1, -0.05) is 6.92 Å². The van der Waals surface area contributed by atoms with Crippen LogP contribution < -0.4 is 5.32 Å². The van der Waals surface area contributed by atoms with Crippen LogP contribution in [0.1, 0.15) is 6.92 Å². The zero-order chi connectivity index (χ0) is 12.3. The van der Waals surface area contributed by atoms with Crippen molar-refractivity contribution in [2.75, 3.05) is 57.3 Å². The lowest BCUT2D eigenvalue weighted by Gasteiger charge is -2.46. The van der Waals surface area contributed by atoms with E-state index in [9.17, 15) is 8.42 Å². The summed E-state index contributed by atoms with van der Waals surface area (Å²) < 4.78 is 22.8. The predicted octanol–water partition coefficient (Wildman–Crippen LogP) is -0.989. The Kier molecular flexibility index (Phi) is 4.41. The molecule has 0 radical (unpaired) electrons. The number of rotatable bonds is 5. The van der Waals surface area contributed by atoms with E-state index in [4.69, 9.17) is 0 Å². The van der Waals surface area contributed by atoms with Crippen LogP contribution in [-0.2, 0) is 9.84 Å². The minimum atomic E-state index is -2.80. The summed E-state index contributed by atoms with van der Waals surface area (Å²) in [6.45, 7) is 8.94. The molecule has 2 saturated heterocycles. The lowest BCUT2D eigenvalue weighted by Crippen LogP contribution is -2.63. The van der Waals surface area contributed by atoms with Gasteiger partial charge in [-0.05, 0) is 0 Å². The Morgan fingerprint density at radius 2 is 1.88 bits per heavy atom. The lowest BCUT2D eigenvalue weighted by molar-refractivity contribution is 0.0314. The second-order valence-corrected chi connectivity index (χ2v) is 7.41. The Bertz CT molecular complexity index is 333. The van der Waals surface area contributed by atoms with E-state index in [1.54, 1.807) is 6.92 Å². The topological polar surface area (TPSA) is 52.7 Å². The van der Waals surface area contributed by atoms with Gasteiger partial charge in [0.2, 0.25) is 0 Å². The SMILES string of the molecule is CCS(=O)(=O)CCN1CC(N2CCNCC2)C1. The molecule has 0 amide bonds. The molecule has 5 nitrogen and oxygen atoms in total. The largest absolute Gasteiger partial charge is 0.314 e. The molecule has 0 unspecified atom stereocenters. The van der Waals surface area contributed by atoms with Gasteiger partial charge in [-0.2, -0.15) is 0 Å². The fourth-order valence-corrected chi connectivity index (χ4v) is 3.24. The lowest BCUT2D eigenvalue weighted by atomic mass is 10.1.